The first kappa shape index (κ1) is 18.5. The third kappa shape index (κ3) is 4.47. The molecule has 3 aromatic rings. The number of nitrogens with zero attached hydrogens (tertiary/aromatic N) is 3. The summed E-state index contributed by atoms with van der Waals surface area (Å²) in [6.45, 7) is 4.88. The van der Waals surface area contributed by atoms with E-state index >= 15 is 0 Å². The van der Waals surface area contributed by atoms with Crippen molar-refractivity contribution in [3.63, 3.8) is 0 Å². The van der Waals surface area contributed by atoms with Crippen LogP contribution in [0.5, 0.6) is 0 Å². The number of anilines is 2. The van der Waals surface area contributed by atoms with Crippen LogP contribution in [-0.2, 0) is 6.54 Å². The Labute approximate surface area is 157 Å². The highest BCUT2D eigenvalue weighted by atomic mass is 19.1. The Morgan fingerprint density at radius 1 is 1.07 bits per heavy atom. The van der Waals surface area contributed by atoms with Gasteiger partial charge in [-0.2, -0.15) is 0 Å². The molecule has 0 unspecified atom stereocenters. The predicted octanol–water partition coefficient (Wildman–Crippen LogP) is 4.01. The zero-order valence-corrected chi connectivity index (χ0v) is 15.3. The molecule has 5 nitrogen and oxygen atoms in total. The largest absolute Gasteiger partial charge is 0.346 e. The maximum Gasteiger partial charge on any atom is 0.272 e. The lowest BCUT2D eigenvalue weighted by Gasteiger charge is -2.22. The SMILES string of the molecule is CCN(c1cccc(C)c1)c1ccc(C(=O)NCc2ccccc2F)nn1. The van der Waals surface area contributed by atoms with Gasteiger partial charge in [0.2, 0.25) is 0 Å². The van der Waals surface area contributed by atoms with Crippen molar-refractivity contribution >= 4 is 17.4 Å². The highest BCUT2D eigenvalue weighted by molar-refractivity contribution is 5.92. The zero-order chi connectivity index (χ0) is 19.2. The Hall–Kier alpha value is -3.28. The number of halogens is 1. The van der Waals surface area contributed by atoms with Crippen LogP contribution in [0, 0.1) is 12.7 Å². The number of amides is 1. The molecule has 3 rings (SSSR count). The van der Waals surface area contributed by atoms with Crippen molar-refractivity contribution in [1.82, 2.24) is 15.5 Å². The first-order valence-electron chi connectivity index (χ1n) is 8.78. The summed E-state index contributed by atoms with van der Waals surface area (Å²) in [4.78, 5) is 14.3. The molecule has 1 heterocycles. The summed E-state index contributed by atoms with van der Waals surface area (Å²) in [7, 11) is 0. The van der Waals surface area contributed by atoms with Gasteiger partial charge in [0.25, 0.3) is 5.91 Å². The normalized spacial score (nSPS) is 10.5. The number of hydrogen-bond acceptors (Lipinski definition) is 4. The van der Waals surface area contributed by atoms with E-state index < -0.39 is 5.91 Å². The van der Waals surface area contributed by atoms with E-state index in [1.807, 2.05) is 36.9 Å². The lowest BCUT2D eigenvalue weighted by Crippen LogP contribution is -2.25. The van der Waals surface area contributed by atoms with E-state index in [9.17, 15) is 9.18 Å². The van der Waals surface area contributed by atoms with Crippen molar-refractivity contribution < 1.29 is 9.18 Å². The molecule has 0 saturated carbocycles. The first-order valence-corrected chi connectivity index (χ1v) is 8.78. The maximum atomic E-state index is 13.6. The quantitative estimate of drug-likeness (QED) is 0.718. The first-order chi connectivity index (χ1) is 13.1. The van der Waals surface area contributed by atoms with E-state index in [2.05, 4.69) is 21.6 Å². The molecule has 0 spiro atoms. The van der Waals surface area contributed by atoms with Crippen molar-refractivity contribution in [3.8, 4) is 0 Å². The summed E-state index contributed by atoms with van der Waals surface area (Å²) in [5, 5.41) is 10.9. The number of benzene rings is 2. The molecule has 0 aliphatic rings. The van der Waals surface area contributed by atoms with Crippen molar-refractivity contribution in [2.45, 2.75) is 20.4 Å². The van der Waals surface area contributed by atoms with Gasteiger partial charge in [0.05, 0.1) is 0 Å². The lowest BCUT2D eigenvalue weighted by molar-refractivity contribution is 0.0944. The third-order valence-corrected chi connectivity index (χ3v) is 4.19. The summed E-state index contributed by atoms with van der Waals surface area (Å²) < 4.78 is 13.6. The highest BCUT2D eigenvalue weighted by Gasteiger charge is 2.13. The van der Waals surface area contributed by atoms with Crippen molar-refractivity contribution in [3.05, 3.63) is 83.3 Å². The maximum absolute atomic E-state index is 13.6. The van der Waals surface area contributed by atoms with E-state index in [0.717, 1.165) is 17.8 Å². The number of rotatable bonds is 6. The molecule has 27 heavy (non-hydrogen) atoms. The number of carbonyl (C=O) groups excluding carboxylic acids is 1. The summed E-state index contributed by atoms with van der Waals surface area (Å²) >= 11 is 0. The number of carbonyl (C=O) groups is 1. The monoisotopic (exact) mass is 364 g/mol. The van der Waals surface area contributed by atoms with Gasteiger partial charge in [-0.15, -0.1) is 10.2 Å². The molecular formula is C21H21FN4O. The highest BCUT2D eigenvalue weighted by Crippen LogP contribution is 2.23. The number of aryl methyl sites for hydroxylation is 1. The van der Waals surface area contributed by atoms with E-state index in [4.69, 9.17) is 0 Å². The molecule has 1 amide bonds. The van der Waals surface area contributed by atoms with Crippen LogP contribution in [0.2, 0.25) is 0 Å². The minimum absolute atomic E-state index is 0.0965. The standard InChI is InChI=1S/C21H21FN4O/c1-3-26(17-9-6-7-15(2)13-17)20-12-11-19(24-25-20)21(27)23-14-16-8-4-5-10-18(16)22/h4-13H,3,14H2,1-2H3,(H,23,27). The van der Waals surface area contributed by atoms with Gasteiger partial charge in [-0.3, -0.25) is 4.79 Å². The van der Waals surface area contributed by atoms with Gasteiger partial charge in [-0.05, 0) is 49.7 Å². The van der Waals surface area contributed by atoms with Gasteiger partial charge in [0.1, 0.15) is 5.82 Å². The van der Waals surface area contributed by atoms with E-state index in [0.29, 0.717) is 11.4 Å². The molecule has 2 aromatic carbocycles. The number of nitrogens with one attached hydrogen (secondary N) is 1. The van der Waals surface area contributed by atoms with Crippen LogP contribution in [0.3, 0.4) is 0 Å². The van der Waals surface area contributed by atoms with Crippen LogP contribution in [0.4, 0.5) is 15.9 Å². The Morgan fingerprint density at radius 3 is 2.56 bits per heavy atom. The van der Waals surface area contributed by atoms with Crippen LogP contribution < -0.4 is 10.2 Å². The molecule has 0 saturated heterocycles. The minimum Gasteiger partial charge on any atom is -0.346 e. The van der Waals surface area contributed by atoms with E-state index in [-0.39, 0.29) is 18.1 Å². The number of hydrogen-bond donors (Lipinski definition) is 1. The van der Waals surface area contributed by atoms with Crippen molar-refractivity contribution in [1.29, 1.82) is 0 Å². The lowest BCUT2D eigenvalue weighted by atomic mass is 10.2. The molecule has 0 radical (unpaired) electrons. The molecule has 0 fully saturated rings. The Morgan fingerprint density at radius 2 is 1.89 bits per heavy atom. The summed E-state index contributed by atoms with van der Waals surface area (Å²) in [6, 6.07) is 17.8. The molecule has 0 bridgehead atoms. The van der Waals surface area contributed by atoms with Gasteiger partial charge in [-0.1, -0.05) is 30.3 Å². The summed E-state index contributed by atoms with van der Waals surface area (Å²) in [6.07, 6.45) is 0. The smallest absolute Gasteiger partial charge is 0.272 e. The Balaban J connectivity index is 1.70. The summed E-state index contributed by atoms with van der Waals surface area (Å²) in [5.41, 5.74) is 2.79. The fourth-order valence-corrected chi connectivity index (χ4v) is 2.77. The van der Waals surface area contributed by atoms with Crippen LogP contribution in [-0.4, -0.2) is 22.6 Å². The number of aromatic nitrogens is 2. The molecule has 0 atom stereocenters. The van der Waals surface area contributed by atoms with E-state index in [1.54, 1.807) is 30.3 Å². The fraction of sp³-hybridized carbons (Fsp3) is 0.190. The molecule has 1 N–H and O–H groups in total. The van der Waals surface area contributed by atoms with Crippen molar-refractivity contribution in [2.24, 2.45) is 0 Å². The minimum atomic E-state index is -0.393. The van der Waals surface area contributed by atoms with Crippen LogP contribution in [0.1, 0.15) is 28.5 Å². The Bertz CT molecular complexity index is 927. The molecular weight excluding hydrogens is 343 g/mol. The van der Waals surface area contributed by atoms with Crippen LogP contribution in [0.25, 0.3) is 0 Å². The average molecular weight is 364 g/mol. The molecule has 6 heteroatoms. The van der Waals surface area contributed by atoms with Crippen LogP contribution >= 0.6 is 0 Å². The third-order valence-electron chi connectivity index (χ3n) is 4.19. The Kier molecular flexibility index (Phi) is 5.76. The molecule has 1 aromatic heterocycles. The van der Waals surface area contributed by atoms with Gasteiger partial charge in [-0.25, -0.2) is 4.39 Å². The second-order valence-electron chi connectivity index (χ2n) is 6.13. The van der Waals surface area contributed by atoms with Crippen LogP contribution in [0.15, 0.2) is 60.7 Å². The van der Waals surface area contributed by atoms with Gasteiger partial charge in [0, 0.05) is 24.3 Å². The van der Waals surface area contributed by atoms with Gasteiger partial charge >= 0.3 is 0 Å². The molecule has 0 aliphatic carbocycles. The predicted molar refractivity (Wildman–Crippen MR) is 103 cm³/mol. The fourth-order valence-electron chi connectivity index (χ4n) is 2.77. The van der Waals surface area contributed by atoms with Gasteiger partial charge < -0.3 is 10.2 Å². The summed E-state index contributed by atoms with van der Waals surface area (Å²) in [5.74, 6) is -0.0827. The average Bonchev–Trinajstić information content (AvgIpc) is 2.68. The molecule has 138 valence electrons. The molecule has 0 aliphatic heterocycles. The van der Waals surface area contributed by atoms with Crippen molar-refractivity contribution in [2.75, 3.05) is 11.4 Å². The topological polar surface area (TPSA) is 58.1 Å². The second-order valence-corrected chi connectivity index (χ2v) is 6.13. The second kappa shape index (κ2) is 8.40. The zero-order valence-electron chi connectivity index (χ0n) is 15.3. The van der Waals surface area contributed by atoms with Gasteiger partial charge in [0.15, 0.2) is 11.5 Å². The van der Waals surface area contributed by atoms with E-state index in [1.165, 1.54) is 6.07 Å².